The fourth-order valence-corrected chi connectivity index (χ4v) is 12.7. The Hall–Kier alpha value is -4.31. The minimum absolute atomic E-state index is 0.0914. The number of hydrogen-bond donors (Lipinski definition) is 4. The molecule has 0 aliphatic heterocycles. The van der Waals surface area contributed by atoms with Crippen LogP contribution in [-0.4, -0.2) is 95.9 Å². The molecule has 0 aromatic heterocycles. The summed E-state index contributed by atoms with van der Waals surface area (Å²) in [5, 5.41) is 20.6. The van der Waals surface area contributed by atoms with E-state index in [2.05, 4.69) is 154 Å². The topological polar surface area (TPSA) is 231 Å². The van der Waals surface area contributed by atoms with Gasteiger partial charge in [-0.15, -0.1) is 0 Å². The van der Waals surface area contributed by atoms with Gasteiger partial charge in [0, 0.05) is 19.3 Å². The third kappa shape index (κ3) is 80.5. The monoisotopic (exact) mass is 1510 g/mol. The van der Waals surface area contributed by atoms with Crippen molar-refractivity contribution in [1.29, 1.82) is 0 Å². The summed E-state index contributed by atoms with van der Waals surface area (Å²) in [5.41, 5.74) is 0. The van der Waals surface area contributed by atoms with E-state index in [0.717, 1.165) is 154 Å². The summed E-state index contributed by atoms with van der Waals surface area (Å²) in [4.78, 5) is 58.6. The van der Waals surface area contributed by atoms with Crippen molar-refractivity contribution in [3.8, 4) is 0 Å². The Balaban J connectivity index is 4.37. The van der Waals surface area contributed by atoms with E-state index in [4.69, 9.17) is 32.3 Å². The van der Waals surface area contributed by atoms with Crippen LogP contribution in [0.1, 0.15) is 342 Å². The Bertz CT molecular complexity index is 2440. The molecule has 0 aliphatic rings. The lowest BCUT2D eigenvalue weighted by Crippen LogP contribution is -2.30. The molecule has 0 aromatic rings. The maximum atomic E-state index is 12.9. The maximum Gasteiger partial charge on any atom is 0.472 e. The van der Waals surface area contributed by atoms with E-state index in [1.165, 1.54) is 128 Å². The van der Waals surface area contributed by atoms with Gasteiger partial charge in [0.05, 0.1) is 26.4 Å². The average molecular weight is 1510 g/mol. The number of carbonyl (C=O) groups excluding carboxylic acids is 3. The average Bonchev–Trinajstić information content (AvgIpc) is 0.933. The van der Waals surface area contributed by atoms with Gasteiger partial charge in [0.15, 0.2) is 6.10 Å². The molecule has 0 saturated carbocycles. The van der Waals surface area contributed by atoms with Crippen molar-refractivity contribution in [2.24, 2.45) is 0 Å². The lowest BCUT2D eigenvalue weighted by molar-refractivity contribution is -0.161. The molecule has 0 bridgehead atoms. The van der Waals surface area contributed by atoms with E-state index in [-0.39, 0.29) is 19.3 Å². The minimum atomic E-state index is -4.93. The van der Waals surface area contributed by atoms with Crippen molar-refractivity contribution in [3.63, 3.8) is 0 Å². The van der Waals surface area contributed by atoms with Crippen molar-refractivity contribution >= 4 is 33.6 Å². The third-order valence-electron chi connectivity index (χ3n) is 17.3. The normalized spacial score (nSPS) is 14.6. The van der Waals surface area contributed by atoms with Gasteiger partial charge in [0.25, 0.3) is 0 Å². The molecular formula is C87H150O16P2. The smallest absolute Gasteiger partial charge is 0.463 e. The van der Waals surface area contributed by atoms with Gasteiger partial charge in [-0.3, -0.25) is 32.5 Å². The van der Waals surface area contributed by atoms with Crippen LogP contribution in [0.25, 0.3) is 0 Å². The van der Waals surface area contributed by atoms with Gasteiger partial charge in [-0.2, -0.15) is 0 Å². The quantitative estimate of drug-likeness (QED) is 0.0146. The van der Waals surface area contributed by atoms with Crippen LogP contribution in [-0.2, 0) is 55.8 Å². The first kappa shape index (κ1) is 101. The Labute approximate surface area is 639 Å². The highest BCUT2D eigenvalue weighted by molar-refractivity contribution is 7.47. The third-order valence-corrected chi connectivity index (χ3v) is 19.2. The Morgan fingerprint density at radius 2 is 0.505 bits per heavy atom. The van der Waals surface area contributed by atoms with Crippen LogP contribution >= 0.6 is 15.6 Å². The predicted octanol–water partition coefficient (Wildman–Crippen LogP) is 24.7. The molecule has 0 aliphatic carbocycles. The van der Waals surface area contributed by atoms with Gasteiger partial charge in [-0.1, -0.05) is 328 Å². The van der Waals surface area contributed by atoms with Gasteiger partial charge in [0.1, 0.15) is 25.4 Å². The number of phosphoric acid groups is 2. The molecule has 0 saturated heterocycles. The summed E-state index contributed by atoms with van der Waals surface area (Å²) >= 11 is 0. The molecule has 0 aromatic carbocycles. The van der Waals surface area contributed by atoms with E-state index in [1.807, 2.05) is 0 Å². The Kier molecular flexibility index (Phi) is 76.0. The van der Waals surface area contributed by atoms with Crippen LogP contribution in [0.2, 0.25) is 0 Å². The number of unbranched alkanes of at least 4 members (excludes halogenated alkanes) is 33. The molecule has 0 rings (SSSR count). The van der Waals surface area contributed by atoms with Crippen LogP contribution < -0.4 is 0 Å². The molecule has 16 nitrogen and oxygen atoms in total. The van der Waals surface area contributed by atoms with Crippen molar-refractivity contribution in [1.82, 2.24) is 0 Å². The molecule has 105 heavy (non-hydrogen) atoms. The zero-order chi connectivity index (χ0) is 76.6. The van der Waals surface area contributed by atoms with Crippen LogP contribution in [0.4, 0.5) is 0 Å². The van der Waals surface area contributed by atoms with Crippen LogP contribution in [0.15, 0.2) is 134 Å². The lowest BCUT2D eigenvalue weighted by Gasteiger charge is -2.21. The van der Waals surface area contributed by atoms with Gasteiger partial charge >= 0.3 is 33.6 Å². The van der Waals surface area contributed by atoms with Gasteiger partial charge in [-0.25, -0.2) is 9.13 Å². The maximum absolute atomic E-state index is 12.9. The molecule has 18 heteroatoms. The predicted molar refractivity (Wildman–Crippen MR) is 436 cm³/mol. The minimum Gasteiger partial charge on any atom is -0.463 e. The molecule has 604 valence electrons. The van der Waals surface area contributed by atoms with E-state index >= 15 is 0 Å². The number of ether oxygens (including phenoxy) is 3. The molecule has 5 atom stereocenters. The van der Waals surface area contributed by atoms with E-state index in [9.17, 15) is 43.5 Å². The number of aliphatic hydroxyl groups excluding tert-OH is 2. The molecule has 5 unspecified atom stereocenters. The number of esters is 3. The second kappa shape index (κ2) is 79.2. The first-order valence-corrected chi connectivity index (χ1v) is 44.5. The zero-order valence-corrected chi connectivity index (χ0v) is 67.9. The first-order chi connectivity index (χ1) is 51.2. The number of carbonyl (C=O) groups is 3. The van der Waals surface area contributed by atoms with E-state index < -0.39 is 91.5 Å². The summed E-state index contributed by atoms with van der Waals surface area (Å²) in [6, 6.07) is 0. The largest absolute Gasteiger partial charge is 0.472 e. The summed E-state index contributed by atoms with van der Waals surface area (Å²) in [7, 11) is -9.79. The highest BCUT2D eigenvalue weighted by atomic mass is 31.2. The number of hydrogen-bond acceptors (Lipinski definition) is 14. The zero-order valence-electron chi connectivity index (χ0n) is 66.1. The molecular weight excluding hydrogens is 1360 g/mol. The van der Waals surface area contributed by atoms with Crippen molar-refractivity contribution in [3.05, 3.63) is 134 Å². The van der Waals surface area contributed by atoms with Gasteiger partial charge < -0.3 is 34.2 Å². The first-order valence-electron chi connectivity index (χ1n) is 41.5. The standard InChI is InChI=1S/C87H150O16P2/c1-4-7-10-13-16-19-22-24-26-28-30-32-34-36-37-38-39-40-41-42-43-45-47-48-50-52-54-56-59-61-64-67-70-73-85(90)97-76-82(88)77-99-104(93,94)100-78-83(89)79-101-105(95,96)102-81-84(103-87(92)75-72-69-66-63-58-21-18-15-12-9-6-3)80-98-86(91)74-71-68-65-62-60-57-55-53-51-49-46-44-35-33-31-29-27-25-23-20-17-14-11-8-5-2/h7-8,10-11,15-20,24-27,30-33,36-37,44,46,82-84,88-89H,4-6,9,12-14,21-23,28-29,34-35,38-43,45,47-81H2,1-3H3,(H,93,94)(H,95,96)/b10-7-,11-8-,18-15-,19-16-,20-17-,26-24-,27-25-,32-30-,33-31-,37-36-,46-44-. The van der Waals surface area contributed by atoms with Crippen molar-refractivity contribution < 1.29 is 75.8 Å². The highest BCUT2D eigenvalue weighted by Gasteiger charge is 2.29. The molecule has 0 fully saturated rings. The highest BCUT2D eigenvalue weighted by Crippen LogP contribution is 2.45. The van der Waals surface area contributed by atoms with E-state index in [1.54, 1.807) is 0 Å². The number of rotatable bonds is 78. The molecule has 0 amide bonds. The fourth-order valence-electron chi connectivity index (χ4n) is 11.1. The number of aliphatic hydroxyl groups is 2. The summed E-state index contributed by atoms with van der Waals surface area (Å²) < 4.78 is 61.1. The molecule has 0 spiro atoms. The second-order valence-electron chi connectivity index (χ2n) is 27.5. The second-order valence-corrected chi connectivity index (χ2v) is 30.4. The number of allylic oxidation sites excluding steroid dienone is 22. The molecule has 4 N–H and O–H groups in total. The summed E-state index contributed by atoms with van der Waals surface area (Å²) in [5.74, 6) is -1.59. The van der Waals surface area contributed by atoms with Crippen molar-refractivity contribution in [2.45, 2.75) is 360 Å². The Morgan fingerprint density at radius 1 is 0.276 bits per heavy atom. The van der Waals surface area contributed by atoms with E-state index in [0.29, 0.717) is 19.3 Å². The summed E-state index contributed by atoms with van der Waals surface area (Å²) in [6.45, 7) is 2.42. The van der Waals surface area contributed by atoms with Gasteiger partial charge in [0.2, 0.25) is 0 Å². The van der Waals surface area contributed by atoms with Crippen LogP contribution in [0.5, 0.6) is 0 Å². The van der Waals surface area contributed by atoms with Crippen molar-refractivity contribution in [2.75, 3.05) is 39.6 Å². The van der Waals surface area contributed by atoms with Crippen LogP contribution in [0, 0.1) is 0 Å². The Morgan fingerprint density at radius 3 is 0.810 bits per heavy atom. The fraction of sp³-hybridized carbons (Fsp3) is 0.713. The van der Waals surface area contributed by atoms with Gasteiger partial charge in [-0.05, 0) is 128 Å². The number of phosphoric ester groups is 2. The molecule has 0 radical (unpaired) electrons. The molecule has 0 heterocycles. The van der Waals surface area contributed by atoms with Crippen LogP contribution in [0.3, 0.4) is 0 Å². The lowest BCUT2D eigenvalue weighted by atomic mass is 10.0. The summed E-state index contributed by atoms with van der Waals surface area (Å²) in [6.07, 6.45) is 96.7. The SMILES string of the molecule is CC/C=C\C/C=C\C/C=C\C/C=C\C/C=C\CCCCCCCCCCCCCCCCCCCC(=O)OCC(O)COP(=O)(O)OCC(O)COP(=O)(O)OCC(COC(=O)CCCCCCCCCCC/C=C\C/C=C\C/C=C\C/C=C\C/C=C\CC)OC(=O)CCCCCCC/C=C\CCCC.